The van der Waals surface area contributed by atoms with Crippen molar-refractivity contribution in [2.45, 2.75) is 37.9 Å². The van der Waals surface area contributed by atoms with Crippen LogP contribution in [0.1, 0.15) is 29.9 Å². The summed E-state index contributed by atoms with van der Waals surface area (Å²) < 4.78 is 19.2. The van der Waals surface area contributed by atoms with Gasteiger partial charge in [-0.1, -0.05) is 30.3 Å². The average molecular weight is 344 g/mol. The fourth-order valence-corrected chi connectivity index (χ4v) is 3.35. The van der Waals surface area contributed by atoms with Crippen molar-refractivity contribution in [2.24, 2.45) is 0 Å². The summed E-state index contributed by atoms with van der Waals surface area (Å²) >= 11 is 0. The molecule has 1 aromatic carbocycles. The van der Waals surface area contributed by atoms with Crippen molar-refractivity contribution in [3.63, 3.8) is 0 Å². The van der Waals surface area contributed by atoms with E-state index in [0.717, 1.165) is 5.56 Å². The molecular formula is C18H20N2O5. The highest BCUT2D eigenvalue weighted by Gasteiger charge is 2.39. The minimum atomic E-state index is -0.432. The Morgan fingerprint density at radius 2 is 1.88 bits per heavy atom. The molecule has 1 aromatic heterocycles. The third kappa shape index (κ3) is 3.18. The van der Waals surface area contributed by atoms with Gasteiger partial charge >= 0.3 is 5.69 Å². The number of aromatic amines is 1. The average Bonchev–Trinajstić information content (AvgIpc) is 2.64. The number of fused-ring (bicyclic) bond motifs is 1. The second kappa shape index (κ2) is 6.59. The van der Waals surface area contributed by atoms with Crippen molar-refractivity contribution in [1.82, 2.24) is 9.55 Å². The summed E-state index contributed by atoms with van der Waals surface area (Å²) in [6, 6.07) is 9.57. The number of rotatable bonds is 2. The van der Waals surface area contributed by atoms with Crippen molar-refractivity contribution in [3.05, 3.63) is 68.5 Å². The largest absolute Gasteiger partial charge is 0.371 e. The van der Waals surface area contributed by atoms with E-state index in [1.54, 1.807) is 13.1 Å². The van der Waals surface area contributed by atoms with Crippen LogP contribution in [0, 0.1) is 6.92 Å². The molecule has 2 fully saturated rings. The molecule has 0 amide bonds. The monoisotopic (exact) mass is 344 g/mol. The first-order valence-corrected chi connectivity index (χ1v) is 8.37. The molecule has 2 aliphatic rings. The van der Waals surface area contributed by atoms with Gasteiger partial charge in [0, 0.05) is 17.3 Å². The SMILES string of the molecule is Cc1cn([C@H]2CO[C@@H]3CO[C@@H](c4ccccc4)O[C@H]3C2)c(=O)[nH]c1=O. The first kappa shape index (κ1) is 16.3. The molecule has 4 atom stereocenters. The molecule has 3 heterocycles. The number of aryl methyl sites for hydroxylation is 1. The lowest BCUT2D eigenvalue weighted by Crippen LogP contribution is -2.49. The van der Waals surface area contributed by atoms with Gasteiger partial charge in [0.2, 0.25) is 0 Å². The summed E-state index contributed by atoms with van der Waals surface area (Å²) in [4.78, 5) is 26.0. The van der Waals surface area contributed by atoms with Crippen molar-refractivity contribution >= 4 is 0 Å². The Morgan fingerprint density at radius 1 is 1.08 bits per heavy atom. The van der Waals surface area contributed by atoms with E-state index in [0.29, 0.717) is 25.2 Å². The fraction of sp³-hybridized carbons (Fsp3) is 0.444. The molecule has 2 aliphatic heterocycles. The van der Waals surface area contributed by atoms with Gasteiger partial charge in [0.15, 0.2) is 6.29 Å². The van der Waals surface area contributed by atoms with Crippen LogP contribution in [0.3, 0.4) is 0 Å². The number of aromatic nitrogens is 2. The predicted octanol–water partition coefficient (Wildman–Crippen LogP) is 1.29. The van der Waals surface area contributed by atoms with Crippen LogP contribution in [0.2, 0.25) is 0 Å². The van der Waals surface area contributed by atoms with Crippen LogP contribution in [-0.2, 0) is 14.2 Å². The lowest BCUT2D eigenvalue weighted by Gasteiger charge is -2.42. The van der Waals surface area contributed by atoms with Gasteiger partial charge in [-0.15, -0.1) is 0 Å². The van der Waals surface area contributed by atoms with E-state index in [1.165, 1.54) is 4.57 Å². The molecule has 0 spiro atoms. The Kier molecular flexibility index (Phi) is 4.29. The molecule has 25 heavy (non-hydrogen) atoms. The topological polar surface area (TPSA) is 82.6 Å². The minimum Gasteiger partial charge on any atom is -0.371 e. The predicted molar refractivity (Wildman–Crippen MR) is 89.5 cm³/mol. The highest BCUT2D eigenvalue weighted by molar-refractivity contribution is 5.16. The van der Waals surface area contributed by atoms with E-state index in [9.17, 15) is 9.59 Å². The minimum absolute atomic E-state index is 0.143. The van der Waals surface area contributed by atoms with Gasteiger partial charge in [-0.3, -0.25) is 14.3 Å². The maximum Gasteiger partial charge on any atom is 0.328 e. The molecule has 0 aliphatic carbocycles. The van der Waals surface area contributed by atoms with Crippen LogP contribution in [0.5, 0.6) is 0 Å². The first-order valence-electron chi connectivity index (χ1n) is 8.37. The first-order chi connectivity index (χ1) is 12.1. The zero-order chi connectivity index (χ0) is 17.4. The standard InChI is InChI=1S/C18H20N2O5/c1-11-8-20(18(22)19-16(11)21)13-7-14-15(23-9-13)10-24-17(25-14)12-5-3-2-4-6-12/h2-6,8,13-15,17H,7,9-10H2,1H3,(H,19,21,22)/t13-,14+,15-,17-/m1/s1. The number of nitrogens with one attached hydrogen (secondary N) is 1. The lowest BCUT2D eigenvalue weighted by atomic mass is 10.0. The molecular weight excluding hydrogens is 324 g/mol. The van der Waals surface area contributed by atoms with E-state index in [4.69, 9.17) is 14.2 Å². The number of benzene rings is 1. The molecule has 4 rings (SSSR count). The number of nitrogens with zero attached hydrogens (tertiary/aromatic N) is 1. The molecule has 7 heteroatoms. The highest BCUT2D eigenvalue weighted by Crippen LogP contribution is 2.34. The number of hydrogen-bond acceptors (Lipinski definition) is 5. The van der Waals surface area contributed by atoms with Crippen LogP contribution in [0.15, 0.2) is 46.1 Å². The smallest absolute Gasteiger partial charge is 0.328 e. The maximum atomic E-state index is 12.1. The zero-order valence-corrected chi connectivity index (χ0v) is 13.9. The number of ether oxygens (including phenoxy) is 3. The molecule has 0 radical (unpaired) electrons. The normalized spacial score (nSPS) is 29.2. The van der Waals surface area contributed by atoms with E-state index in [2.05, 4.69) is 4.98 Å². The van der Waals surface area contributed by atoms with E-state index < -0.39 is 12.0 Å². The molecule has 0 saturated carbocycles. The molecule has 1 N–H and O–H groups in total. The third-order valence-electron chi connectivity index (χ3n) is 4.74. The van der Waals surface area contributed by atoms with Crippen molar-refractivity contribution in [1.29, 1.82) is 0 Å². The van der Waals surface area contributed by atoms with Crippen LogP contribution < -0.4 is 11.2 Å². The van der Waals surface area contributed by atoms with Crippen LogP contribution in [-0.4, -0.2) is 35.0 Å². The molecule has 0 unspecified atom stereocenters. The van der Waals surface area contributed by atoms with Crippen molar-refractivity contribution < 1.29 is 14.2 Å². The van der Waals surface area contributed by atoms with Crippen molar-refractivity contribution in [2.75, 3.05) is 13.2 Å². The molecule has 7 nitrogen and oxygen atoms in total. The Bertz CT molecular complexity index is 860. The van der Waals surface area contributed by atoms with Gasteiger partial charge in [-0.2, -0.15) is 0 Å². The fourth-order valence-electron chi connectivity index (χ4n) is 3.35. The van der Waals surface area contributed by atoms with E-state index in [1.807, 2.05) is 30.3 Å². The molecule has 2 aromatic rings. The van der Waals surface area contributed by atoms with Gasteiger partial charge in [-0.05, 0) is 13.3 Å². The quantitative estimate of drug-likeness (QED) is 0.888. The van der Waals surface area contributed by atoms with Gasteiger partial charge in [0.05, 0.1) is 25.4 Å². The van der Waals surface area contributed by atoms with Crippen molar-refractivity contribution in [3.8, 4) is 0 Å². The van der Waals surface area contributed by atoms with E-state index >= 15 is 0 Å². The Labute approximate surface area is 144 Å². The third-order valence-corrected chi connectivity index (χ3v) is 4.74. The Hall–Kier alpha value is -2.22. The lowest BCUT2D eigenvalue weighted by molar-refractivity contribution is -0.282. The summed E-state index contributed by atoms with van der Waals surface area (Å²) in [5, 5.41) is 0. The summed E-state index contributed by atoms with van der Waals surface area (Å²) in [6.07, 6.45) is 1.47. The zero-order valence-electron chi connectivity index (χ0n) is 13.9. The summed E-state index contributed by atoms with van der Waals surface area (Å²) in [6.45, 7) is 2.52. The highest BCUT2D eigenvalue weighted by atomic mass is 16.7. The van der Waals surface area contributed by atoms with Gasteiger partial charge in [0.25, 0.3) is 5.56 Å². The second-order valence-corrected chi connectivity index (χ2v) is 6.49. The summed E-state index contributed by atoms with van der Waals surface area (Å²) in [7, 11) is 0. The van der Waals surface area contributed by atoms with Gasteiger partial charge < -0.3 is 14.2 Å². The van der Waals surface area contributed by atoms with Crippen LogP contribution in [0.25, 0.3) is 0 Å². The Morgan fingerprint density at radius 3 is 2.68 bits per heavy atom. The van der Waals surface area contributed by atoms with Gasteiger partial charge in [0.1, 0.15) is 6.10 Å². The summed E-state index contributed by atoms with van der Waals surface area (Å²) in [5.41, 5.74) is 0.675. The van der Waals surface area contributed by atoms with E-state index in [-0.39, 0.29) is 23.8 Å². The van der Waals surface area contributed by atoms with Crippen LogP contribution in [0.4, 0.5) is 0 Å². The summed E-state index contributed by atoms with van der Waals surface area (Å²) in [5.74, 6) is 0. The molecule has 2 saturated heterocycles. The molecule has 0 bridgehead atoms. The Balaban J connectivity index is 1.54. The molecule has 132 valence electrons. The number of H-pyrrole nitrogens is 1. The number of hydrogen-bond donors (Lipinski definition) is 1. The van der Waals surface area contributed by atoms with Crippen LogP contribution >= 0.6 is 0 Å². The second-order valence-electron chi connectivity index (χ2n) is 6.49. The maximum absolute atomic E-state index is 12.1. The van der Waals surface area contributed by atoms with Gasteiger partial charge in [-0.25, -0.2) is 4.79 Å².